The topological polar surface area (TPSA) is 33.1 Å². The quantitative estimate of drug-likeness (QED) is 0.732. The molecule has 0 unspecified atom stereocenters. The second kappa shape index (κ2) is 6.26. The molecule has 0 spiro atoms. The Balaban J connectivity index is 2.11. The third-order valence-electron chi connectivity index (χ3n) is 3.43. The average molecular weight is 285 g/mol. The van der Waals surface area contributed by atoms with Crippen LogP contribution >= 0.6 is 0 Å². The van der Waals surface area contributed by atoms with Gasteiger partial charge >= 0.3 is 0 Å². The highest BCUT2D eigenvalue weighted by Crippen LogP contribution is 2.28. The first kappa shape index (κ1) is 14.1. The molecule has 0 aliphatic heterocycles. The van der Waals surface area contributed by atoms with Crippen molar-refractivity contribution in [2.24, 2.45) is 0 Å². The zero-order valence-corrected chi connectivity index (χ0v) is 12.0. The lowest BCUT2D eigenvalue weighted by Crippen LogP contribution is -2.25. The van der Waals surface area contributed by atoms with Gasteiger partial charge in [0, 0.05) is 29.1 Å². The molecule has 3 aromatic rings. The van der Waals surface area contributed by atoms with Crippen LogP contribution in [0.2, 0.25) is 0 Å². The van der Waals surface area contributed by atoms with Crippen LogP contribution in [-0.2, 0) is 5.60 Å². The van der Waals surface area contributed by atoms with E-state index in [1.165, 1.54) is 0 Å². The Morgan fingerprint density at radius 1 is 0.773 bits per heavy atom. The summed E-state index contributed by atoms with van der Waals surface area (Å²) in [7, 11) is 0. The first-order chi connectivity index (χ1) is 10.8. The molecule has 0 aliphatic carbocycles. The van der Waals surface area contributed by atoms with E-state index in [0.29, 0.717) is 0 Å². The van der Waals surface area contributed by atoms with Crippen molar-refractivity contribution in [2.45, 2.75) is 5.60 Å². The fraction of sp³-hybridized carbons (Fsp3) is 0.0500. The van der Waals surface area contributed by atoms with Gasteiger partial charge in [-0.05, 0) is 12.1 Å². The van der Waals surface area contributed by atoms with Gasteiger partial charge in [-0.3, -0.25) is 4.98 Å². The van der Waals surface area contributed by atoms with Gasteiger partial charge < -0.3 is 5.11 Å². The van der Waals surface area contributed by atoms with Crippen molar-refractivity contribution in [3.8, 4) is 11.8 Å². The second-order valence-corrected chi connectivity index (χ2v) is 4.93. The maximum atomic E-state index is 11.2. The summed E-state index contributed by atoms with van der Waals surface area (Å²) in [5.74, 6) is 6.03. The predicted octanol–water partition coefficient (Wildman–Crippen LogP) is 3.37. The van der Waals surface area contributed by atoms with Gasteiger partial charge in [0.1, 0.15) is 0 Å². The number of rotatable bonds is 2. The number of nitrogens with zero attached hydrogens (tertiary/aromatic N) is 1. The fourth-order valence-electron chi connectivity index (χ4n) is 2.27. The molecule has 1 N–H and O–H groups in total. The van der Waals surface area contributed by atoms with Crippen molar-refractivity contribution >= 4 is 0 Å². The standard InChI is InChI=1S/C20H15NO/c22-20(18-9-3-1-4-10-18,19-11-5-2-6-12-19)14-13-17-8-7-15-21-16-17/h1-12,15-16,22H. The van der Waals surface area contributed by atoms with Crippen molar-refractivity contribution in [2.75, 3.05) is 0 Å². The summed E-state index contributed by atoms with van der Waals surface area (Å²) in [6.07, 6.45) is 3.38. The van der Waals surface area contributed by atoms with Crippen LogP contribution in [0.5, 0.6) is 0 Å². The molecule has 2 heteroatoms. The maximum Gasteiger partial charge on any atom is 0.177 e. The molecule has 0 saturated carbocycles. The zero-order chi connectivity index (χ0) is 15.3. The summed E-state index contributed by atoms with van der Waals surface area (Å²) >= 11 is 0. The Morgan fingerprint density at radius 3 is 1.86 bits per heavy atom. The summed E-state index contributed by atoms with van der Waals surface area (Å²) in [5, 5.41) is 11.2. The van der Waals surface area contributed by atoms with Gasteiger partial charge in [0.05, 0.1) is 0 Å². The van der Waals surface area contributed by atoms with Crippen molar-refractivity contribution in [1.82, 2.24) is 4.98 Å². The van der Waals surface area contributed by atoms with E-state index in [0.717, 1.165) is 16.7 Å². The molecule has 22 heavy (non-hydrogen) atoms. The van der Waals surface area contributed by atoms with Crippen LogP contribution in [0.1, 0.15) is 16.7 Å². The van der Waals surface area contributed by atoms with Crippen LogP contribution in [0.25, 0.3) is 0 Å². The molecule has 3 rings (SSSR count). The summed E-state index contributed by atoms with van der Waals surface area (Å²) < 4.78 is 0. The largest absolute Gasteiger partial charge is 0.369 e. The van der Waals surface area contributed by atoms with Crippen LogP contribution in [0.4, 0.5) is 0 Å². The normalized spacial score (nSPS) is 10.6. The van der Waals surface area contributed by atoms with E-state index in [9.17, 15) is 5.11 Å². The third kappa shape index (κ3) is 2.90. The molecular formula is C20H15NO. The predicted molar refractivity (Wildman–Crippen MR) is 87.0 cm³/mol. The van der Waals surface area contributed by atoms with E-state index in [2.05, 4.69) is 16.8 Å². The lowest BCUT2D eigenvalue weighted by Gasteiger charge is -2.23. The van der Waals surface area contributed by atoms with Gasteiger partial charge in [-0.25, -0.2) is 0 Å². The van der Waals surface area contributed by atoms with E-state index in [-0.39, 0.29) is 0 Å². The van der Waals surface area contributed by atoms with Crippen LogP contribution < -0.4 is 0 Å². The molecule has 0 amide bonds. The molecule has 0 fully saturated rings. The van der Waals surface area contributed by atoms with Gasteiger partial charge in [0.15, 0.2) is 5.60 Å². The molecule has 0 saturated heterocycles. The summed E-state index contributed by atoms with van der Waals surface area (Å²) in [4.78, 5) is 4.05. The summed E-state index contributed by atoms with van der Waals surface area (Å²) in [5.41, 5.74) is 0.918. The van der Waals surface area contributed by atoms with E-state index in [1.807, 2.05) is 72.8 Å². The smallest absolute Gasteiger partial charge is 0.177 e. The van der Waals surface area contributed by atoms with Gasteiger partial charge in [0.2, 0.25) is 0 Å². The van der Waals surface area contributed by atoms with E-state index in [4.69, 9.17) is 0 Å². The SMILES string of the molecule is OC(C#Cc1cccnc1)(c1ccccc1)c1ccccc1. The maximum absolute atomic E-state index is 11.2. The highest BCUT2D eigenvalue weighted by Gasteiger charge is 2.28. The average Bonchev–Trinajstić information content (AvgIpc) is 2.62. The van der Waals surface area contributed by atoms with E-state index in [1.54, 1.807) is 12.4 Å². The van der Waals surface area contributed by atoms with Crippen LogP contribution in [0.3, 0.4) is 0 Å². The number of hydrogen-bond donors (Lipinski definition) is 1. The lowest BCUT2D eigenvalue weighted by atomic mass is 9.87. The molecule has 0 radical (unpaired) electrons. The lowest BCUT2D eigenvalue weighted by molar-refractivity contribution is 0.145. The Bertz CT molecular complexity index is 747. The van der Waals surface area contributed by atoms with Crippen molar-refractivity contribution in [1.29, 1.82) is 0 Å². The molecular weight excluding hydrogens is 270 g/mol. The third-order valence-corrected chi connectivity index (χ3v) is 3.43. The minimum atomic E-state index is -1.35. The molecule has 0 bridgehead atoms. The Kier molecular flexibility index (Phi) is 4.00. The van der Waals surface area contributed by atoms with Gasteiger partial charge in [-0.15, -0.1) is 0 Å². The monoisotopic (exact) mass is 285 g/mol. The van der Waals surface area contributed by atoms with Gasteiger partial charge in [0.25, 0.3) is 0 Å². The molecule has 1 aromatic heterocycles. The highest BCUT2D eigenvalue weighted by atomic mass is 16.3. The highest BCUT2D eigenvalue weighted by molar-refractivity contribution is 5.47. The Labute approximate surface area is 130 Å². The first-order valence-corrected chi connectivity index (χ1v) is 7.06. The van der Waals surface area contributed by atoms with E-state index >= 15 is 0 Å². The fourth-order valence-corrected chi connectivity index (χ4v) is 2.27. The molecule has 0 atom stereocenters. The minimum absolute atomic E-state index is 0.748. The first-order valence-electron chi connectivity index (χ1n) is 7.06. The minimum Gasteiger partial charge on any atom is -0.369 e. The molecule has 0 aliphatic rings. The number of aromatic nitrogens is 1. The molecule has 106 valence electrons. The van der Waals surface area contributed by atoms with Crippen molar-refractivity contribution in [3.05, 3.63) is 102 Å². The molecule has 2 nitrogen and oxygen atoms in total. The molecule has 2 aromatic carbocycles. The number of benzene rings is 2. The van der Waals surface area contributed by atoms with Crippen molar-refractivity contribution in [3.63, 3.8) is 0 Å². The van der Waals surface area contributed by atoms with Gasteiger partial charge in [-0.1, -0.05) is 72.5 Å². The summed E-state index contributed by atoms with van der Waals surface area (Å²) in [6.45, 7) is 0. The zero-order valence-electron chi connectivity index (χ0n) is 12.0. The summed E-state index contributed by atoms with van der Waals surface area (Å²) in [6, 6.07) is 22.6. The van der Waals surface area contributed by atoms with Crippen LogP contribution in [0.15, 0.2) is 85.2 Å². The van der Waals surface area contributed by atoms with E-state index < -0.39 is 5.60 Å². The molecule has 1 heterocycles. The van der Waals surface area contributed by atoms with Gasteiger partial charge in [-0.2, -0.15) is 0 Å². The number of aliphatic hydroxyl groups is 1. The second-order valence-electron chi connectivity index (χ2n) is 4.93. The Hall–Kier alpha value is -2.89. The number of pyridine rings is 1. The Morgan fingerprint density at radius 2 is 1.36 bits per heavy atom. The van der Waals surface area contributed by atoms with Crippen LogP contribution in [-0.4, -0.2) is 10.1 Å². The van der Waals surface area contributed by atoms with Crippen LogP contribution in [0, 0.1) is 11.8 Å². The number of hydrogen-bond acceptors (Lipinski definition) is 2. The van der Waals surface area contributed by atoms with Crippen molar-refractivity contribution < 1.29 is 5.11 Å².